The van der Waals surface area contributed by atoms with Crippen molar-refractivity contribution < 1.29 is 13.9 Å². The number of piperazine rings is 1. The number of pyridine rings is 1. The molecular weight excluding hydrogens is 431 g/mol. The van der Waals surface area contributed by atoms with Crippen molar-refractivity contribution >= 4 is 28.4 Å². The predicted octanol–water partition coefficient (Wildman–Crippen LogP) is 4.07. The van der Waals surface area contributed by atoms with Crippen LogP contribution in [0.1, 0.15) is 22.5 Å². The number of nitrogens with zero attached hydrogens (tertiary/aromatic N) is 3. The summed E-state index contributed by atoms with van der Waals surface area (Å²) in [6, 6.07) is 13.9. The smallest absolute Gasteiger partial charge is 0.284 e. The van der Waals surface area contributed by atoms with E-state index in [1.807, 2.05) is 23.2 Å². The molecule has 0 saturated carbocycles. The molecule has 6 nitrogen and oxygen atoms in total. The van der Waals surface area contributed by atoms with Crippen molar-refractivity contribution in [3.63, 3.8) is 0 Å². The zero-order valence-electron chi connectivity index (χ0n) is 18.0. The SMILES string of the molecule is Cc1ccc(OCCCN2CCN(NC(=O)c3ccc4cc(Cl)ccc4n3)CC2)cc1F. The first-order chi connectivity index (χ1) is 15.5. The van der Waals surface area contributed by atoms with Gasteiger partial charge in [-0.2, -0.15) is 0 Å². The van der Waals surface area contributed by atoms with E-state index in [1.54, 1.807) is 31.2 Å². The standard InChI is InChI=1S/C24H26ClFN4O2/c1-17-3-6-20(16-21(17)26)32-14-2-9-29-10-12-30(13-11-29)28-24(31)23-7-4-18-15-19(25)5-8-22(18)27-23/h3-8,15-16H,2,9-14H2,1H3,(H,28,31). The Kier molecular flexibility index (Phi) is 7.19. The van der Waals surface area contributed by atoms with Crippen molar-refractivity contribution in [1.29, 1.82) is 0 Å². The van der Waals surface area contributed by atoms with Crippen LogP contribution in [0.3, 0.4) is 0 Å². The average Bonchev–Trinajstić information content (AvgIpc) is 2.79. The molecule has 1 amide bonds. The minimum absolute atomic E-state index is 0.214. The van der Waals surface area contributed by atoms with Crippen LogP contribution in [0.25, 0.3) is 10.9 Å². The van der Waals surface area contributed by atoms with Gasteiger partial charge in [0.25, 0.3) is 5.91 Å². The number of hydrogen-bond acceptors (Lipinski definition) is 5. The maximum absolute atomic E-state index is 13.6. The van der Waals surface area contributed by atoms with Crippen LogP contribution in [0.2, 0.25) is 5.02 Å². The van der Waals surface area contributed by atoms with E-state index >= 15 is 0 Å². The van der Waals surface area contributed by atoms with Crippen LogP contribution in [0.4, 0.5) is 4.39 Å². The number of nitrogens with one attached hydrogen (secondary N) is 1. The number of halogens is 2. The number of rotatable bonds is 7. The van der Waals surface area contributed by atoms with E-state index in [4.69, 9.17) is 16.3 Å². The highest BCUT2D eigenvalue weighted by Crippen LogP contribution is 2.18. The molecule has 2 aromatic carbocycles. The molecule has 1 aliphatic rings. The molecule has 0 radical (unpaired) electrons. The summed E-state index contributed by atoms with van der Waals surface area (Å²) in [7, 11) is 0. The fraction of sp³-hybridized carbons (Fsp3) is 0.333. The van der Waals surface area contributed by atoms with Gasteiger partial charge in [0.1, 0.15) is 17.3 Å². The quantitative estimate of drug-likeness (QED) is 0.543. The third kappa shape index (κ3) is 5.73. The number of carbonyl (C=O) groups is 1. The molecule has 0 unspecified atom stereocenters. The number of amides is 1. The van der Waals surface area contributed by atoms with Crippen LogP contribution in [0.5, 0.6) is 5.75 Å². The lowest BCUT2D eigenvalue weighted by atomic mass is 10.2. The third-order valence-corrected chi connectivity index (χ3v) is 5.78. The van der Waals surface area contributed by atoms with E-state index < -0.39 is 0 Å². The van der Waals surface area contributed by atoms with Crippen LogP contribution in [-0.2, 0) is 0 Å². The van der Waals surface area contributed by atoms with Crippen molar-refractivity contribution in [2.24, 2.45) is 0 Å². The van der Waals surface area contributed by atoms with Crippen LogP contribution in [0, 0.1) is 12.7 Å². The molecule has 0 bridgehead atoms. The van der Waals surface area contributed by atoms with Gasteiger partial charge in [0.15, 0.2) is 0 Å². The molecule has 1 aromatic heterocycles. The summed E-state index contributed by atoms with van der Waals surface area (Å²) in [4.78, 5) is 19.4. The normalized spacial score (nSPS) is 15.1. The first-order valence-corrected chi connectivity index (χ1v) is 11.1. The Morgan fingerprint density at radius 3 is 2.72 bits per heavy atom. The third-order valence-electron chi connectivity index (χ3n) is 5.55. The van der Waals surface area contributed by atoms with E-state index in [0.717, 1.165) is 50.0 Å². The van der Waals surface area contributed by atoms with Crippen LogP contribution in [-0.4, -0.2) is 60.1 Å². The highest BCUT2D eigenvalue weighted by Gasteiger charge is 2.19. The number of hydrogen-bond donors (Lipinski definition) is 1. The summed E-state index contributed by atoms with van der Waals surface area (Å²) in [5.74, 6) is 0.101. The molecule has 8 heteroatoms. The van der Waals surface area contributed by atoms with Gasteiger partial charge < -0.3 is 9.64 Å². The number of carbonyl (C=O) groups excluding carboxylic acids is 1. The van der Waals surface area contributed by atoms with Gasteiger partial charge in [-0.15, -0.1) is 0 Å². The summed E-state index contributed by atoms with van der Waals surface area (Å²) in [5.41, 5.74) is 4.68. The fourth-order valence-corrected chi connectivity index (χ4v) is 3.83. The Morgan fingerprint density at radius 2 is 1.94 bits per heavy atom. The van der Waals surface area contributed by atoms with Gasteiger partial charge >= 0.3 is 0 Å². The topological polar surface area (TPSA) is 57.7 Å². The summed E-state index contributed by atoms with van der Waals surface area (Å²) in [6.07, 6.45) is 0.854. The molecule has 1 saturated heterocycles. The Bertz CT molecular complexity index is 1100. The van der Waals surface area contributed by atoms with Crippen molar-refractivity contribution in [2.75, 3.05) is 39.3 Å². The molecule has 0 atom stereocenters. The van der Waals surface area contributed by atoms with Gasteiger partial charge in [0, 0.05) is 49.2 Å². The number of hydrazine groups is 1. The van der Waals surface area contributed by atoms with E-state index in [1.165, 1.54) is 6.07 Å². The minimum atomic E-state index is -0.246. The van der Waals surface area contributed by atoms with Crippen molar-refractivity contribution in [1.82, 2.24) is 20.3 Å². The Morgan fingerprint density at radius 1 is 1.12 bits per heavy atom. The monoisotopic (exact) mass is 456 g/mol. The van der Waals surface area contributed by atoms with Gasteiger partial charge in [-0.3, -0.25) is 10.2 Å². The van der Waals surface area contributed by atoms with Crippen molar-refractivity contribution in [3.05, 3.63) is 70.6 Å². The van der Waals surface area contributed by atoms with E-state index in [9.17, 15) is 9.18 Å². The van der Waals surface area contributed by atoms with Crippen LogP contribution >= 0.6 is 11.6 Å². The second-order valence-electron chi connectivity index (χ2n) is 7.92. The van der Waals surface area contributed by atoms with Gasteiger partial charge in [-0.1, -0.05) is 23.7 Å². The highest BCUT2D eigenvalue weighted by atomic mass is 35.5. The molecule has 168 valence electrons. The second-order valence-corrected chi connectivity index (χ2v) is 8.35. The van der Waals surface area contributed by atoms with E-state index in [2.05, 4.69) is 15.3 Å². The number of ether oxygens (including phenoxy) is 1. The predicted molar refractivity (Wildman–Crippen MR) is 123 cm³/mol. The van der Waals surface area contributed by atoms with Gasteiger partial charge in [-0.25, -0.2) is 14.4 Å². The molecule has 32 heavy (non-hydrogen) atoms. The Hall–Kier alpha value is -2.74. The highest BCUT2D eigenvalue weighted by molar-refractivity contribution is 6.31. The Balaban J connectivity index is 1.19. The first kappa shape index (κ1) is 22.5. The largest absolute Gasteiger partial charge is 0.493 e. The number of aromatic nitrogens is 1. The summed E-state index contributed by atoms with van der Waals surface area (Å²) >= 11 is 6.00. The molecule has 1 fully saturated rings. The minimum Gasteiger partial charge on any atom is -0.493 e. The molecule has 3 aromatic rings. The van der Waals surface area contributed by atoms with Crippen molar-refractivity contribution in [3.8, 4) is 5.75 Å². The number of aryl methyl sites for hydroxylation is 1. The second kappa shape index (κ2) is 10.3. The maximum atomic E-state index is 13.6. The van der Waals surface area contributed by atoms with Crippen LogP contribution < -0.4 is 10.2 Å². The van der Waals surface area contributed by atoms with Gasteiger partial charge in [0.2, 0.25) is 0 Å². The maximum Gasteiger partial charge on any atom is 0.284 e. The van der Waals surface area contributed by atoms with E-state index in [0.29, 0.717) is 28.6 Å². The fourth-order valence-electron chi connectivity index (χ4n) is 3.65. The average molecular weight is 457 g/mol. The number of benzene rings is 2. The molecule has 0 spiro atoms. The summed E-state index contributed by atoms with van der Waals surface area (Å²) < 4.78 is 19.2. The van der Waals surface area contributed by atoms with E-state index in [-0.39, 0.29) is 11.7 Å². The molecular formula is C24H26ClFN4O2. The van der Waals surface area contributed by atoms with Crippen molar-refractivity contribution in [2.45, 2.75) is 13.3 Å². The van der Waals surface area contributed by atoms with Crippen LogP contribution in [0.15, 0.2) is 48.5 Å². The Labute approximate surface area is 191 Å². The number of fused-ring (bicyclic) bond motifs is 1. The summed E-state index contributed by atoms with van der Waals surface area (Å²) in [6.45, 7) is 6.34. The molecule has 2 heterocycles. The zero-order chi connectivity index (χ0) is 22.5. The lowest BCUT2D eigenvalue weighted by Crippen LogP contribution is -2.53. The lowest BCUT2D eigenvalue weighted by Gasteiger charge is -2.34. The molecule has 0 aliphatic carbocycles. The van der Waals surface area contributed by atoms with Gasteiger partial charge in [0.05, 0.1) is 12.1 Å². The zero-order valence-corrected chi connectivity index (χ0v) is 18.7. The summed E-state index contributed by atoms with van der Waals surface area (Å²) in [5, 5.41) is 3.47. The molecule has 4 rings (SSSR count). The van der Waals surface area contributed by atoms with Gasteiger partial charge in [-0.05, 0) is 49.2 Å². The molecule has 1 N–H and O–H groups in total. The first-order valence-electron chi connectivity index (χ1n) is 10.7. The lowest BCUT2D eigenvalue weighted by molar-refractivity contribution is 0.0606. The molecule has 1 aliphatic heterocycles.